The van der Waals surface area contributed by atoms with Gasteiger partial charge in [-0.3, -0.25) is 4.31 Å². The normalized spacial score (nSPS) is 11.3. The lowest BCUT2D eigenvalue weighted by atomic mass is 10.2. The van der Waals surface area contributed by atoms with Crippen molar-refractivity contribution >= 4 is 27.3 Å². The summed E-state index contributed by atoms with van der Waals surface area (Å²) in [4.78, 5) is -0.0646. The van der Waals surface area contributed by atoms with Crippen molar-refractivity contribution in [2.75, 3.05) is 4.31 Å². The number of benzene rings is 3. The first kappa shape index (κ1) is 18.4. The van der Waals surface area contributed by atoms with Gasteiger partial charge >= 0.3 is 0 Å². The molecule has 0 fully saturated rings. The summed E-state index contributed by atoms with van der Waals surface area (Å²) in [7, 11) is -3.99. The molecule has 0 saturated carbocycles. The van der Waals surface area contributed by atoms with E-state index in [-0.39, 0.29) is 11.4 Å². The van der Waals surface area contributed by atoms with Crippen LogP contribution in [0, 0.1) is 11.6 Å². The fourth-order valence-corrected chi connectivity index (χ4v) is 4.04. The molecule has 0 spiro atoms. The molecule has 0 radical (unpaired) electrons. The van der Waals surface area contributed by atoms with E-state index >= 15 is 0 Å². The summed E-state index contributed by atoms with van der Waals surface area (Å²) in [6, 6.07) is 16.5. The third-order valence-electron chi connectivity index (χ3n) is 3.73. The number of sulfonamides is 1. The van der Waals surface area contributed by atoms with Crippen molar-refractivity contribution in [1.82, 2.24) is 0 Å². The average molecular weight is 394 g/mol. The zero-order valence-electron chi connectivity index (χ0n) is 13.4. The lowest BCUT2D eigenvalue weighted by molar-refractivity contribution is 0.588. The molecule has 0 unspecified atom stereocenters. The molecular formula is C19H14ClF2NO2S. The van der Waals surface area contributed by atoms with E-state index in [1.54, 1.807) is 30.3 Å². The van der Waals surface area contributed by atoms with Crippen molar-refractivity contribution < 1.29 is 17.2 Å². The van der Waals surface area contributed by atoms with Crippen molar-refractivity contribution in [1.29, 1.82) is 0 Å². The Balaban J connectivity index is 2.07. The van der Waals surface area contributed by atoms with E-state index in [0.717, 1.165) is 16.4 Å². The monoisotopic (exact) mass is 393 g/mol. The molecule has 0 heterocycles. The van der Waals surface area contributed by atoms with Gasteiger partial charge in [0.25, 0.3) is 10.0 Å². The quantitative estimate of drug-likeness (QED) is 0.610. The number of nitrogens with zero attached hydrogens (tertiary/aromatic N) is 1. The first-order chi connectivity index (χ1) is 12.4. The second-order valence-electron chi connectivity index (χ2n) is 5.57. The second-order valence-corrected chi connectivity index (χ2v) is 7.87. The summed E-state index contributed by atoms with van der Waals surface area (Å²) in [6.07, 6.45) is 0. The molecule has 3 aromatic rings. The van der Waals surface area contributed by atoms with Gasteiger partial charge in [-0.15, -0.1) is 0 Å². The number of halogens is 3. The molecule has 0 bridgehead atoms. The van der Waals surface area contributed by atoms with Crippen LogP contribution < -0.4 is 4.31 Å². The highest BCUT2D eigenvalue weighted by molar-refractivity contribution is 7.92. The third-order valence-corrected chi connectivity index (χ3v) is 5.77. The van der Waals surface area contributed by atoms with Crippen LogP contribution in [0.2, 0.25) is 5.02 Å². The van der Waals surface area contributed by atoms with Crippen LogP contribution in [0.15, 0.2) is 77.7 Å². The molecule has 0 aliphatic heterocycles. The van der Waals surface area contributed by atoms with Crippen molar-refractivity contribution in [3.63, 3.8) is 0 Å². The number of hydrogen-bond acceptors (Lipinski definition) is 2. The van der Waals surface area contributed by atoms with Gasteiger partial charge in [-0.25, -0.2) is 17.2 Å². The van der Waals surface area contributed by atoms with Gasteiger partial charge in [-0.05, 0) is 66.2 Å². The highest BCUT2D eigenvalue weighted by atomic mass is 35.5. The standard InChI is InChI=1S/C19H14ClF2NO2S/c20-15-4-8-18(9-5-15)23(13-14-2-1-3-17(22)12-14)26(24,25)19-10-6-16(21)7-11-19/h1-12H,13H2. The summed E-state index contributed by atoms with van der Waals surface area (Å²) in [5.74, 6) is -0.996. The van der Waals surface area contributed by atoms with E-state index in [1.807, 2.05) is 0 Å². The van der Waals surface area contributed by atoms with Gasteiger partial charge < -0.3 is 0 Å². The maximum absolute atomic E-state index is 13.5. The summed E-state index contributed by atoms with van der Waals surface area (Å²) in [5.41, 5.74) is 0.841. The molecule has 0 N–H and O–H groups in total. The Bertz CT molecular complexity index is 1010. The number of hydrogen-bond donors (Lipinski definition) is 0. The molecule has 0 aliphatic rings. The molecule has 0 aliphatic carbocycles. The Morgan fingerprint density at radius 1 is 0.846 bits per heavy atom. The first-order valence-electron chi connectivity index (χ1n) is 7.64. The molecule has 7 heteroatoms. The smallest absolute Gasteiger partial charge is 0.262 e. The SMILES string of the molecule is O=S(=O)(c1ccc(F)cc1)N(Cc1cccc(F)c1)c1ccc(Cl)cc1. The molecular weight excluding hydrogens is 380 g/mol. The zero-order valence-corrected chi connectivity index (χ0v) is 15.0. The van der Waals surface area contributed by atoms with Crippen LogP contribution in [0.25, 0.3) is 0 Å². The topological polar surface area (TPSA) is 37.4 Å². The molecule has 0 aromatic heterocycles. The highest BCUT2D eigenvalue weighted by Gasteiger charge is 2.25. The second kappa shape index (κ2) is 7.43. The largest absolute Gasteiger partial charge is 0.264 e. The number of anilines is 1. The summed E-state index contributed by atoms with van der Waals surface area (Å²) < 4.78 is 54.0. The van der Waals surface area contributed by atoms with E-state index < -0.39 is 21.7 Å². The van der Waals surface area contributed by atoms with E-state index in [9.17, 15) is 17.2 Å². The molecule has 0 amide bonds. The predicted molar refractivity (Wildman–Crippen MR) is 97.6 cm³/mol. The Morgan fingerprint density at radius 2 is 1.50 bits per heavy atom. The maximum atomic E-state index is 13.5. The lowest BCUT2D eigenvalue weighted by Crippen LogP contribution is -2.30. The summed E-state index contributed by atoms with van der Waals surface area (Å²) in [6.45, 7) is -0.0842. The van der Waals surface area contributed by atoms with E-state index in [2.05, 4.69) is 0 Å². The molecule has 0 saturated heterocycles. The van der Waals surface area contributed by atoms with Crippen molar-refractivity contribution in [3.8, 4) is 0 Å². The third kappa shape index (κ3) is 4.03. The Morgan fingerprint density at radius 3 is 2.12 bits per heavy atom. The van der Waals surface area contributed by atoms with Crippen LogP contribution in [0.1, 0.15) is 5.56 Å². The Hall–Kier alpha value is -2.44. The van der Waals surface area contributed by atoms with Gasteiger partial charge in [-0.2, -0.15) is 0 Å². The maximum Gasteiger partial charge on any atom is 0.264 e. The minimum absolute atomic E-state index is 0.0646. The fourth-order valence-electron chi connectivity index (χ4n) is 2.46. The minimum atomic E-state index is -3.99. The zero-order chi connectivity index (χ0) is 18.7. The number of rotatable bonds is 5. The van der Waals surface area contributed by atoms with Crippen LogP contribution in [0.4, 0.5) is 14.5 Å². The van der Waals surface area contributed by atoms with E-state index in [1.165, 1.54) is 30.3 Å². The lowest BCUT2D eigenvalue weighted by Gasteiger charge is -2.25. The minimum Gasteiger partial charge on any atom is -0.262 e. The van der Waals surface area contributed by atoms with Crippen LogP contribution in [-0.4, -0.2) is 8.42 Å². The summed E-state index contributed by atoms with van der Waals surface area (Å²) in [5, 5.41) is 0.457. The van der Waals surface area contributed by atoms with Gasteiger partial charge in [0, 0.05) is 5.02 Å². The fraction of sp³-hybridized carbons (Fsp3) is 0.0526. The molecule has 3 aromatic carbocycles. The molecule has 134 valence electrons. The Labute approximate surface area is 155 Å². The molecule has 3 rings (SSSR count). The van der Waals surface area contributed by atoms with Gasteiger partial charge in [0.2, 0.25) is 0 Å². The first-order valence-corrected chi connectivity index (χ1v) is 9.46. The predicted octanol–water partition coefficient (Wildman–Crippen LogP) is 5.01. The Kier molecular flexibility index (Phi) is 5.25. The highest BCUT2D eigenvalue weighted by Crippen LogP contribution is 2.27. The molecule has 0 atom stereocenters. The molecule has 26 heavy (non-hydrogen) atoms. The van der Waals surface area contributed by atoms with Crippen LogP contribution in [0.5, 0.6) is 0 Å². The van der Waals surface area contributed by atoms with Gasteiger partial charge in [-0.1, -0.05) is 23.7 Å². The van der Waals surface area contributed by atoms with Crippen molar-refractivity contribution in [2.24, 2.45) is 0 Å². The van der Waals surface area contributed by atoms with Crippen LogP contribution >= 0.6 is 11.6 Å². The van der Waals surface area contributed by atoms with Crippen molar-refractivity contribution in [2.45, 2.75) is 11.4 Å². The van der Waals surface area contributed by atoms with Crippen LogP contribution in [-0.2, 0) is 16.6 Å². The average Bonchev–Trinajstić information content (AvgIpc) is 2.61. The van der Waals surface area contributed by atoms with E-state index in [0.29, 0.717) is 16.3 Å². The van der Waals surface area contributed by atoms with Crippen LogP contribution in [0.3, 0.4) is 0 Å². The van der Waals surface area contributed by atoms with Crippen molar-refractivity contribution in [3.05, 3.63) is 95.0 Å². The van der Waals surface area contributed by atoms with Gasteiger partial charge in [0.1, 0.15) is 11.6 Å². The van der Waals surface area contributed by atoms with Gasteiger partial charge in [0.05, 0.1) is 17.1 Å². The summed E-state index contributed by atoms with van der Waals surface area (Å²) >= 11 is 5.89. The van der Waals surface area contributed by atoms with E-state index in [4.69, 9.17) is 11.6 Å². The molecule has 3 nitrogen and oxygen atoms in total. The van der Waals surface area contributed by atoms with Gasteiger partial charge in [0.15, 0.2) is 0 Å².